The summed E-state index contributed by atoms with van der Waals surface area (Å²) in [5.74, 6) is 1.76. The molecule has 0 fully saturated rings. The van der Waals surface area contributed by atoms with Gasteiger partial charge in [0.05, 0.1) is 16.7 Å². The van der Waals surface area contributed by atoms with Crippen molar-refractivity contribution in [3.63, 3.8) is 0 Å². The van der Waals surface area contributed by atoms with Crippen LogP contribution in [0.15, 0.2) is 85.2 Å². The molecule has 0 aliphatic carbocycles. The molecular formula is C22H17N5. The number of hydrogen-bond donors (Lipinski definition) is 0. The molecule has 5 nitrogen and oxygen atoms in total. The fourth-order valence-corrected chi connectivity index (χ4v) is 3.37. The van der Waals surface area contributed by atoms with Gasteiger partial charge in [-0.1, -0.05) is 30.3 Å². The topological polar surface area (TPSA) is 48.5 Å². The molecule has 5 rings (SSSR count). The summed E-state index contributed by atoms with van der Waals surface area (Å²) in [5.41, 5.74) is 5.11. The molecule has 0 atom stereocenters. The molecule has 27 heavy (non-hydrogen) atoms. The number of para-hydroxylation sites is 1. The Labute approximate surface area is 156 Å². The minimum atomic E-state index is 0.797. The van der Waals surface area contributed by atoms with E-state index in [1.165, 1.54) is 0 Å². The second-order valence-corrected chi connectivity index (χ2v) is 6.37. The Hall–Kier alpha value is -3.73. The van der Waals surface area contributed by atoms with Crippen molar-refractivity contribution in [2.45, 2.75) is 6.92 Å². The fraction of sp³-hybridized carbons (Fsp3) is 0.0455. The van der Waals surface area contributed by atoms with Crippen molar-refractivity contribution in [3.05, 3.63) is 91.0 Å². The van der Waals surface area contributed by atoms with Crippen LogP contribution >= 0.6 is 0 Å². The van der Waals surface area contributed by atoms with Crippen LogP contribution in [0.5, 0.6) is 0 Å². The quantitative estimate of drug-likeness (QED) is 0.478. The van der Waals surface area contributed by atoms with Crippen molar-refractivity contribution < 1.29 is 0 Å². The van der Waals surface area contributed by atoms with E-state index in [2.05, 4.69) is 40.0 Å². The van der Waals surface area contributed by atoms with Gasteiger partial charge >= 0.3 is 0 Å². The average Bonchev–Trinajstić information content (AvgIpc) is 3.35. The fourth-order valence-electron chi connectivity index (χ4n) is 3.37. The summed E-state index contributed by atoms with van der Waals surface area (Å²) in [6.07, 6.45) is 3.64. The van der Waals surface area contributed by atoms with Crippen molar-refractivity contribution in [1.82, 2.24) is 24.3 Å². The molecule has 0 aliphatic rings. The lowest BCUT2D eigenvalue weighted by Crippen LogP contribution is -1.99. The van der Waals surface area contributed by atoms with Crippen LogP contribution in [0.2, 0.25) is 0 Å². The average molecular weight is 351 g/mol. The molecule has 5 heteroatoms. The zero-order valence-corrected chi connectivity index (χ0v) is 14.8. The standard InChI is InChI=1S/C22H17N5/c1-16-24-20-12-11-17(15-21(20)27(16)18-7-3-2-4-8-18)19-9-5-10-22(25-19)26-14-6-13-23-26/h2-15H,1H3. The largest absolute Gasteiger partial charge is 0.297 e. The second-order valence-electron chi connectivity index (χ2n) is 6.37. The Morgan fingerprint density at radius 1 is 0.815 bits per heavy atom. The third kappa shape index (κ3) is 2.69. The van der Waals surface area contributed by atoms with Crippen LogP contribution in [0, 0.1) is 6.92 Å². The Balaban J connectivity index is 1.66. The van der Waals surface area contributed by atoms with Gasteiger partial charge in [0.1, 0.15) is 5.82 Å². The van der Waals surface area contributed by atoms with E-state index < -0.39 is 0 Å². The maximum absolute atomic E-state index is 4.77. The number of hydrogen-bond acceptors (Lipinski definition) is 3. The van der Waals surface area contributed by atoms with Crippen LogP contribution in [0.25, 0.3) is 33.8 Å². The van der Waals surface area contributed by atoms with Crippen LogP contribution in [-0.4, -0.2) is 24.3 Å². The Morgan fingerprint density at radius 2 is 1.70 bits per heavy atom. The zero-order chi connectivity index (χ0) is 18.2. The van der Waals surface area contributed by atoms with Gasteiger partial charge in [-0.15, -0.1) is 0 Å². The van der Waals surface area contributed by atoms with Crippen molar-refractivity contribution in [1.29, 1.82) is 0 Å². The Morgan fingerprint density at radius 3 is 2.52 bits per heavy atom. The molecule has 0 bridgehead atoms. The number of aryl methyl sites for hydroxylation is 1. The molecule has 0 unspecified atom stereocenters. The maximum Gasteiger partial charge on any atom is 0.153 e. The molecule has 0 spiro atoms. The van der Waals surface area contributed by atoms with E-state index in [1.807, 2.05) is 55.6 Å². The van der Waals surface area contributed by atoms with Crippen molar-refractivity contribution in [2.24, 2.45) is 0 Å². The van der Waals surface area contributed by atoms with Crippen LogP contribution in [0.4, 0.5) is 0 Å². The van der Waals surface area contributed by atoms with Gasteiger partial charge in [-0.2, -0.15) is 5.10 Å². The lowest BCUT2D eigenvalue weighted by Gasteiger charge is -2.08. The van der Waals surface area contributed by atoms with E-state index in [0.717, 1.165) is 39.6 Å². The smallest absolute Gasteiger partial charge is 0.153 e. The normalized spacial score (nSPS) is 11.1. The monoisotopic (exact) mass is 351 g/mol. The van der Waals surface area contributed by atoms with Crippen LogP contribution in [-0.2, 0) is 0 Å². The summed E-state index contributed by atoms with van der Waals surface area (Å²) in [6, 6.07) is 24.4. The van der Waals surface area contributed by atoms with Gasteiger partial charge < -0.3 is 0 Å². The van der Waals surface area contributed by atoms with Crippen LogP contribution < -0.4 is 0 Å². The minimum Gasteiger partial charge on any atom is -0.297 e. The number of fused-ring (bicyclic) bond motifs is 1. The highest BCUT2D eigenvalue weighted by atomic mass is 15.3. The molecular weight excluding hydrogens is 334 g/mol. The number of pyridine rings is 1. The molecule has 0 saturated carbocycles. The first-order chi connectivity index (χ1) is 13.3. The van der Waals surface area contributed by atoms with Crippen molar-refractivity contribution >= 4 is 11.0 Å². The predicted molar refractivity (Wildman–Crippen MR) is 106 cm³/mol. The van der Waals surface area contributed by atoms with E-state index in [0.29, 0.717) is 0 Å². The first-order valence-electron chi connectivity index (χ1n) is 8.81. The van der Waals surface area contributed by atoms with Crippen LogP contribution in [0.3, 0.4) is 0 Å². The summed E-state index contributed by atoms with van der Waals surface area (Å²) < 4.78 is 3.94. The number of aromatic nitrogens is 5. The predicted octanol–water partition coefficient (Wildman–Crippen LogP) is 4.58. The zero-order valence-electron chi connectivity index (χ0n) is 14.8. The van der Waals surface area contributed by atoms with Gasteiger partial charge in [-0.25, -0.2) is 14.6 Å². The number of nitrogens with zero attached hydrogens (tertiary/aromatic N) is 5. The molecule has 5 aromatic rings. The third-order valence-corrected chi connectivity index (χ3v) is 4.61. The van der Waals surface area contributed by atoms with E-state index in [1.54, 1.807) is 10.9 Å². The third-order valence-electron chi connectivity index (χ3n) is 4.61. The van der Waals surface area contributed by atoms with Crippen molar-refractivity contribution in [2.75, 3.05) is 0 Å². The van der Waals surface area contributed by atoms with E-state index in [-0.39, 0.29) is 0 Å². The number of rotatable bonds is 3. The van der Waals surface area contributed by atoms with E-state index >= 15 is 0 Å². The lowest BCUT2D eigenvalue weighted by molar-refractivity contribution is 0.848. The molecule has 0 saturated heterocycles. The SMILES string of the molecule is Cc1nc2ccc(-c3cccc(-n4cccn4)n3)cc2n1-c1ccccc1. The molecule has 2 aromatic carbocycles. The molecule has 0 N–H and O–H groups in total. The second kappa shape index (κ2) is 6.21. The first kappa shape index (κ1) is 15.5. The summed E-state index contributed by atoms with van der Waals surface area (Å²) >= 11 is 0. The molecule has 0 radical (unpaired) electrons. The van der Waals surface area contributed by atoms with Gasteiger partial charge in [0.15, 0.2) is 5.82 Å². The van der Waals surface area contributed by atoms with Gasteiger partial charge in [0, 0.05) is 23.6 Å². The van der Waals surface area contributed by atoms with Crippen LogP contribution in [0.1, 0.15) is 5.82 Å². The highest BCUT2D eigenvalue weighted by Gasteiger charge is 2.11. The summed E-state index contributed by atoms with van der Waals surface area (Å²) in [6.45, 7) is 2.03. The highest BCUT2D eigenvalue weighted by Crippen LogP contribution is 2.27. The summed E-state index contributed by atoms with van der Waals surface area (Å²) in [7, 11) is 0. The van der Waals surface area contributed by atoms with Crippen molar-refractivity contribution in [3.8, 4) is 22.8 Å². The Kier molecular flexibility index (Phi) is 3.57. The highest BCUT2D eigenvalue weighted by molar-refractivity contribution is 5.83. The first-order valence-corrected chi connectivity index (χ1v) is 8.81. The molecule has 3 heterocycles. The molecule has 3 aromatic heterocycles. The number of imidazole rings is 1. The van der Waals surface area contributed by atoms with Gasteiger partial charge in [0.25, 0.3) is 0 Å². The molecule has 130 valence electrons. The minimum absolute atomic E-state index is 0.797. The number of benzene rings is 2. The van der Waals surface area contributed by atoms with E-state index in [9.17, 15) is 0 Å². The summed E-state index contributed by atoms with van der Waals surface area (Å²) in [4.78, 5) is 9.48. The molecule has 0 aliphatic heterocycles. The molecule has 0 amide bonds. The lowest BCUT2D eigenvalue weighted by atomic mass is 10.1. The maximum atomic E-state index is 4.77. The Bertz CT molecular complexity index is 1220. The van der Waals surface area contributed by atoms with Gasteiger partial charge in [-0.3, -0.25) is 4.57 Å². The van der Waals surface area contributed by atoms with E-state index in [4.69, 9.17) is 9.97 Å². The van der Waals surface area contributed by atoms with Gasteiger partial charge in [0.2, 0.25) is 0 Å². The summed E-state index contributed by atoms with van der Waals surface area (Å²) in [5, 5.41) is 4.27. The van der Waals surface area contributed by atoms with Gasteiger partial charge in [-0.05, 0) is 49.4 Å².